The van der Waals surface area contributed by atoms with Crippen molar-refractivity contribution in [3.63, 3.8) is 0 Å². The Morgan fingerprint density at radius 2 is 1.63 bits per heavy atom. The molecular weight excluding hydrogens is 244 g/mol. The van der Waals surface area contributed by atoms with Gasteiger partial charge in [0.15, 0.2) is 0 Å². The smallest absolute Gasteiger partial charge is 0.246 e. The molecule has 0 amide bonds. The average molecular weight is 257 g/mol. The van der Waals surface area contributed by atoms with Crippen LogP contribution in [-0.2, 0) is 0 Å². The molecule has 3 aromatic rings. The van der Waals surface area contributed by atoms with E-state index in [9.17, 15) is 8.78 Å². The Balaban J connectivity index is 2.58. The number of alkyl halides is 2. The molecule has 0 saturated heterocycles. The second kappa shape index (κ2) is 4.26. The second-order valence-corrected chi connectivity index (χ2v) is 4.82. The molecule has 0 saturated carbocycles. The third kappa shape index (κ3) is 1.86. The monoisotopic (exact) mass is 257 g/mol. The van der Waals surface area contributed by atoms with Crippen LogP contribution < -0.4 is 0 Å². The molecule has 0 spiro atoms. The van der Waals surface area contributed by atoms with E-state index in [0.717, 1.165) is 21.9 Å². The second-order valence-electron chi connectivity index (χ2n) is 4.82. The van der Waals surface area contributed by atoms with Crippen molar-refractivity contribution in [3.05, 3.63) is 53.2 Å². The number of aromatic nitrogens is 1. The third-order valence-electron chi connectivity index (χ3n) is 3.38. The van der Waals surface area contributed by atoms with Gasteiger partial charge in [-0.2, -0.15) is 0 Å². The summed E-state index contributed by atoms with van der Waals surface area (Å²) in [6.45, 7) is 3.91. The maximum Gasteiger partial charge on any atom is 0.280 e. The van der Waals surface area contributed by atoms with Crippen LogP contribution in [0.3, 0.4) is 0 Å². The highest BCUT2D eigenvalue weighted by Gasteiger charge is 2.16. The van der Waals surface area contributed by atoms with Gasteiger partial charge < -0.3 is 0 Å². The molecular formula is C16H13F2N. The highest BCUT2D eigenvalue weighted by atomic mass is 19.3. The molecule has 1 nitrogen and oxygen atoms in total. The first-order valence-electron chi connectivity index (χ1n) is 6.15. The molecule has 0 aliphatic heterocycles. The zero-order chi connectivity index (χ0) is 13.6. The van der Waals surface area contributed by atoms with Gasteiger partial charge in [-0.15, -0.1) is 0 Å². The molecule has 0 fully saturated rings. The molecule has 0 aliphatic carbocycles. The van der Waals surface area contributed by atoms with Crippen molar-refractivity contribution in [3.8, 4) is 0 Å². The standard InChI is InChI=1S/C16H13F2N/c1-9-7-10(2)14-13(8-9)11-5-3-4-6-12(11)15(19-14)16(17)18/h3-8,16H,1-2H3. The molecule has 3 heteroatoms. The average Bonchev–Trinajstić information content (AvgIpc) is 2.37. The Hall–Kier alpha value is -2.03. The Bertz CT molecular complexity index is 778. The largest absolute Gasteiger partial charge is 0.280 e. The maximum atomic E-state index is 13.2. The number of rotatable bonds is 1. The molecule has 0 radical (unpaired) electrons. The van der Waals surface area contributed by atoms with Crippen molar-refractivity contribution < 1.29 is 8.78 Å². The molecule has 3 rings (SSSR count). The molecule has 19 heavy (non-hydrogen) atoms. The summed E-state index contributed by atoms with van der Waals surface area (Å²) in [6.07, 6.45) is -2.56. The van der Waals surface area contributed by atoms with Crippen LogP contribution in [-0.4, -0.2) is 4.98 Å². The summed E-state index contributed by atoms with van der Waals surface area (Å²) >= 11 is 0. The first-order chi connectivity index (χ1) is 9.08. The van der Waals surface area contributed by atoms with Crippen molar-refractivity contribution in [1.82, 2.24) is 4.98 Å². The fraction of sp³-hybridized carbons (Fsp3) is 0.188. The minimum atomic E-state index is -2.56. The van der Waals surface area contributed by atoms with E-state index in [0.29, 0.717) is 10.9 Å². The van der Waals surface area contributed by atoms with Crippen LogP contribution in [0.5, 0.6) is 0 Å². The van der Waals surface area contributed by atoms with Gasteiger partial charge in [-0.3, -0.25) is 0 Å². The Morgan fingerprint density at radius 3 is 2.32 bits per heavy atom. The number of hydrogen-bond donors (Lipinski definition) is 0. The molecule has 0 atom stereocenters. The summed E-state index contributed by atoms with van der Waals surface area (Å²) in [5, 5.41) is 2.32. The Labute approximate surface area is 109 Å². The van der Waals surface area contributed by atoms with Crippen LogP contribution >= 0.6 is 0 Å². The summed E-state index contributed by atoms with van der Waals surface area (Å²) in [4.78, 5) is 4.19. The third-order valence-corrected chi connectivity index (χ3v) is 3.38. The van der Waals surface area contributed by atoms with Gasteiger partial charge in [0.05, 0.1) is 5.52 Å². The number of benzene rings is 2. The highest BCUT2D eigenvalue weighted by molar-refractivity contribution is 6.07. The van der Waals surface area contributed by atoms with Crippen LogP contribution in [0.4, 0.5) is 8.78 Å². The quantitative estimate of drug-likeness (QED) is 0.562. The van der Waals surface area contributed by atoms with Gasteiger partial charge in [-0.25, -0.2) is 13.8 Å². The molecule has 1 heterocycles. The summed E-state index contributed by atoms with van der Waals surface area (Å²) in [5.74, 6) is 0. The molecule has 2 aromatic carbocycles. The minimum Gasteiger partial charge on any atom is -0.246 e. The van der Waals surface area contributed by atoms with Crippen LogP contribution in [0, 0.1) is 13.8 Å². The number of pyridine rings is 1. The minimum absolute atomic E-state index is 0.130. The number of fused-ring (bicyclic) bond motifs is 3. The number of aryl methyl sites for hydroxylation is 2. The first kappa shape index (κ1) is 12.0. The van der Waals surface area contributed by atoms with Crippen LogP contribution in [0.15, 0.2) is 36.4 Å². The molecule has 1 aromatic heterocycles. The molecule has 96 valence electrons. The summed E-state index contributed by atoms with van der Waals surface area (Å²) < 4.78 is 26.3. The predicted octanol–water partition coefficient (Wildman–Crippen LogP) is 4.94. The van der Waals surface area contributed by atoms with Crippen molar-refractivity contribution in [1.29, 1.82) is 0 Å². The van der Waals surface area contributed by atoms with Gasteiger partial charge in [0.2, 0.25) is 0 Å². The van der Waals surface area contributed by atoms with E-state index in [2.05, 4.69) is 4.98 Å². The van der Waals surface area contributed by atoms with Gasteiger partial charge >= 0.3 is 0 Å². The van der Waals surface area contributed by atoms with E-state index >= 15 is 0 Å². The fourth-order valence-electron chi connectivity index (χ4n) is 2.60. The van der Waals surface area contributed by atoms with E-state index < -0.39 is 6.43 Å². The molecule has 0 N–H and O–H groups in total. The lowest BCUT2D eigenvalue weighted by Gasteiger charge is -2.11. The number of nitrogens with zero attached hydrogens (tertiary/aromatic N) is 1. The van der Waals surface area contributed by atoms with Gasteiger partial charge in [-0.1, -0.05) is 35.9 Å². The maximum absolute atomic E-state index is 13.2. The van der Waals surface area contributed by atoms with Crippen molar-refractivity contribution in [2.45, 2.75) is 20.3 Å². The van der Waals surface area contributed by atoms with Crippen LogP contribution in [0.2, 0.25) is 0 Å². The Morgan fingerprint density at radius 1 is 0.947 bits per heavy atom. The SMILES string of the molecule is Cc1cc(C)c2nc(C(F)F)c3ccccc3c2c1. The van der Waals surface area contributed by atoms with E-state index in [-0.39, 0.29) is 5.69 Å². The van der Waals surface area contributed by atoms with Gasteiger partial charge in [0.25, 0.3) is 6.43 Å². The van der Waals surface area contributed by atoms with Crippen molar-refractivity contribution in [2.24, 2.45) is 0 Å². The summed E-state index contributed by atoms with van der Waals surface area (Å²) in [5.41, 5.74) is 2.58. The van der Waals surface area contributed by atoms with Crippen molar-refractivity contribution >= 4 is 21.7 Å². The lowest BCUT2D eigenvalue weighted by Crippen LogP contribution is -1.96. The number of hydrogen-bond acceptors (Lipinski definition) is 1. The topological polar surface area (TPSA) is 12.9 Å². The Kier molecular flexibility index (Phi) is 2.70. The van der Waals surface area contributed by atoms with E-state index in [1.54, 1.807) is 12.1 Å². The predicted molar refractivity (Wildman–Crippen MR) is 73.7 cm³/mol. The number of halogens is 2. The zero-order valence-electron chi connectivity index (χ0n) is 10.7. The lowest BCUT2D eigenvalue weighted by atomic mass is 10.00. The molecule has 0 bridgehead atoms. The fourth-order valence-corrected chi connectivity index (χ4v) is 2.60. The molecule has 0 unspecified atom stereocenters. The van der Waals surface area contributed by atoms with Crippen LogP contribution in [0.25, 0.3) is 21.7 Å². The summed E-state index contributed by atoms with van der Waals surface area (Å²) in [6, 6.07) is 11.2. The zero-order valence-corrected chi connectivity index (χ0v) is 10.7. The van der Waals surface area contributed by atoms with Gasteiger partial charge in [-0.05, 0) is 30.9 Å². The highest BCUT2D eigenvalue weighted by Crippen LogP contribution is 2.33. The molecule has 0 aliphatic rings. The van der Waals surface area contributed by atoms with E-state index in [1.165, 1.54) is 0 Å². The van der Waals surface area contributed by atoms with Crippen LogP contribution in [0.1, 0.15) is 23.2 Å². The normalized spacial score (nSPS) is 11.6. The van der Waals surface area contributed by atoms with E-state index in [4.69, 9.17) is 0 Å². The van der Waals surface area contributed by atoms with Gasteiger partial charge in [0, 0.05) is 10.8 Å². The lowest BCUT2D eigenvalue weighted by molar-refractivity contribution is 0.148. The summed E-state index contributed by atoms with van der Waals surface area (Å²) in [7, 11) is 0. The first-order valence-corrected chi connectivity index (χ1v) is 6.15. The van der Waals surface area contributed by atoms with E-state index in [1.807, 2.05) is 38.1 Å². The van der Waals surface area contributed by atoms with Crippen molar-refractivity contribution in [2.75, 3.05) is 0 Å². The van der Waals surface area contributed by atoms with Gasteiger partial charge in [0.1, 0.15) is 5.69 Å².